The summed E-state index contributed by atoms with van der Waals surface area (Å²) in [6.07, 6.45) is -7.68. The van der Waals surface area contributed by atoms with Gasteiger partial charge in [0.15, 0.2) is 17.7 Å². The number of aromatic nitrogens is 4. The lowest BCUT2D eigenvalue weighted by molar-refractivity contribution is -0.377. The van der Waals surface area contributed by atoms with Crippen LogP contribution in [0.15, 0.2) is 12.7 Å². The highest BCUT2D eigenvalue weighted by Gasteiger charge is 2.63. The molecule has 5 atom stereocenters. The minimum Gasteiger partial charge on any atom is -0.387 e. The molecule has 0 spiro atoms. The fourth-order valence-corrected chi connectivity index (χ4v) is 5.11. The van der Waals surface area contributed by atoms with Crippen LogP contribution >= 0.6 is 15.6 Å². The van der Waals surface area contributed by atoms with Crippen molar-refractivity contribution in [2.45, 2.75) is 30.8 Å². The molecule has 2 aromatic heterocycles. The van der Waals surface area contributed by atoms with Crippen LogP contribution in [0.3, 0.4) is 0 Å². The van der Waals surface area contributed by atoms with Crippen molar-refractivity contribution in [1.82, 2.24) is 19.5 Å². The molecule has 0 aromatic carbocycles. The minimum atomic E-state index is -5.24. The van der Waals surface area contributed by atoms with Crippen LogP contribution in [0.5, 0.6) is 0 Å². The van der Waals surface area contributed by atoms with E-state index in [1.807, 2.05) is 0 Å². The molecule has 2 aliphatic heterocycles. The van der Waals surface area contributed by atoms with E-state index in [0.717, 1.165) is 6.33 Å². The Morgan fingerprint density at radius 1 is 1.30 bits per heavy atom. The van der Waals surface area contributed by atoms with Crippen LogP contribution in [0.4, 0.5) is 14.6 Å². The van der Waals surface area contributed by atoms with Crippen LogP contribution in [-0.4, -0.2) is 65.8 Å². The van der Waals surface area contributed by atoms with Crippen LogP contribution < -0.4 is 5.73 Å². The first kappa shape index (κ1) is 21.6. The molecule has 15 nitrogen and oxygen atoms in total. The van der Waals surface area contributed by atoms with E-state index < -0.39 is 53.1 Å². The van der Waals surface area contributed by atoms with E-state index in [4.69, 9.17) is 10.5 Å². The minimum absolute atomic E-state index is 0.0610. The monoisotopic (exact) mass is 475 g/mol. The summed E-state index contributed by atoms with van der Waals surface area (Å²) in [5, 5.41) is 20.4. The lowest BCUT2D eigenvalue weighted by Crippen LogP contribution is -2.34. The summed E-state index contributed by atoms with van der Waals surface area (Å²) in [7, 11) is -10.2. The second kappa shape index (κ2) is 7.20. The molecule has 0 bridgehead atoms. The maximum atomic E-state index is 12.4. The van der Waals surface area contributed by atoms with Gasteiger partial charge in [0, 0.05) is 0 Å². The molecule has 2 saturated heterocycles. The molecular formula is C11H13F2N5O10P2. The summed E-state index contributed by atoms with van der Waals surface area (Å²) in [5.74, 6) is 0.0610. The van der Waals surface area contributed by atoms with Gasteiger partial charge in [0.1, 0.15) is 30.2 Å². The van der Waals surface area contributed by atoms with Gasteiger partial charge in [0.25, 0.3) is 0 Å². The van der Waals surface area contributed by atoms with E-state index in [0.29, 0.717) is 0 Å². The standard InChI is InChI=1S/C11H13F2N5O10P2/c12-11(13)26-30(23,27-11)28-29(21,22)24-1-4-6(19)7(20)10(25-4)18-3-17-5-8(14)15-2-16-9(5)18/h2-4,6-7,10,19-20H,1H2,(H,21,22)(H2,14,15,16)/t4-,6-,7-,10-/m1/s1. The highest BCUT2D eigenvalue weighted by molar-refractivity contribution is 7.62. The van der Waals surface area contributed by atoms with E-state index in [1.54, 1.807) is 0 Å². The highest BCUT2D eigenvalue weighted by atomic mass is 31.3. The van der Waals surface area contributed by atoms with Crippen LogP contribution in [0.25, 0.3) is 11.2 Å². The molecule has 0 radical (unpaired) electrons. The number of ether oxygens (including phenoxy) is 1. The summed E-state index contributed by atoms with van der Waals surface area (Å²) >= 11 is 0. The fourth-order valence-electron chi connectivity index (χ4n) is 2.77. The van der Waals surface area contributed by atoms with Crippen molar-refractivity contribution < 1.29 is 55.6 Å². The molecular weight excluding hydrogens is 462 g/mol. The average Bonchev–Trinajstić information content (AvgIpc) is 3.14. The Balaban J connectivity index is 1.43. The van der Waals surface area contributed by atoms with Gasteiger partial charge in [0.05, 0.1) is 12.9 Å². The summed E-state index contributed by atoms with van der Waals surface area (Å²) in [6.45, 7) is -0.872. The number of anilines is 1. The number of rotatable bonds is 6. The first-order valence-corrected chi connectivity index (χ1v) is 10.9. The Bertz CT molecular complexity index is 1060. The van der Waals surface area contributed by atoms with Crippen LogP contribution in [0.2, 0.25) is 0 Å². The summed E-state index contributed by atoms with van der Waals surface area (Å²) in [4.78, 5) is 21.2. The maximum Gasteiger partial charge on any atom is 0.503 e. The predicted molar refractivity (Wildman–Crippen MR) is 87.2 cm³/mol. The molecule has 19 heteroatoms. The largest absolute Gasteiger partial charge is 0.503 e. The van der Waals surface area contributed by atoms with E-state index in [9.17, 15) is 33.0 Å². The maximum absolute atomic E-state index is 12.4. The first-order chi connectivity index (χ1) is 13.9. The van der Waals surface area contributed by atoms with Gasteiger partial charge in [-0.25, -0.2) is 24.1 Å². The summed E-state index contributed by atoms with van der Waals surface area (Å²) in [5.41, 5.74) is 6.06. The number of aliphatic hydroxyl groups is 2. The molecule has 30 heavy (non-hydrogen) atoms. The number of aliphatic hydroxyl groups excluding tert-OH is 2. The molecule has 0 saturated carbocycles. The molecule has 4 heterocycles. The van der Waals surface area contributed by atoms with E-state index in [1.165, 1.54) is 10.9 Å². The molecule has 4 rings (SSSR count). The van der Waals surface area contributed by atoms with Gasteiger partial charge in [-0.2, -0.15) is 13.4 Å². The van der Waals surface area contributed by atoms with E-state index >= 15 is 0 Å². The number of imidazole rings is 1. The fraction of sp³-hybridized carbons (Fsp3) is 0.545. The van der Waals surface area contributed by atoms with Crippen molar-refractivity contribution in [3.8, 4) is 0 Å². The Kier molecular flexibility index (Phi) is 5.18. The molecule has 2 fully saturated rings. The van der Waals surface area contributed by atoms with Gasteiger partial charge < -0.3 is 25.6 Å². The van der Waals surface area contributed by atoms with Crippen LogP contribution in [0, 0.1) is 0 Å². The summed E-state index contributed by atoms with van der Waals surface area (Å²) in [6, 6.07) is 0. The third kappa shape index (κ3) is 3.97. The normalized spacial score (nSPS) is 32.0. The first-order valence-electron chi connectivity index (χ1n) is 7.92. The van der Waals surface area contributed by atoms with Gasteiger partial charge in [-0.3, -0.25) is 9.09 Å². The smallest absolute Gasteiger partial charge is 0.387 e. The quantitative estimate of drug-likeness (QED) is 0.401. The van der Waals surface area contributed by atoms with E-state index in [2.05, 4.69) is 32.8 Å². The van der Waals surface area contributed by atoms with Crippen molar-refractivity contribution in [2.75, 3.05) is 12.3 Å². The second-order valence-electron chi connectivity index (χ2n) is 6.07. The lowest BCUT2D eigenvalue weighted by atomic mass is 10.1. The third-order valence-electron chi connectivity index (χ3n) is 4.04. The van der Waals surface area contributed by atoms with Crippen molar-refractivity contribution in [3.63, 3.8) is 0 Å². The zero-order valence-electron chi connectivity index (χ0n) is 14.4. The zero-order valence-corrected chi connectivity index (χ0v) is 16.2. The third-order valence-corrected chi connectivity index (χ3v) is 7.01. The second-order valence-corrected chi connectivity index (χ2v) is 9.18. The Morgan fingerprint density at radius 3 is 2.67 bits per heavy atom. The molecule has 5 N–H and O–H groups in total. The number of hydrogen-bond acceptors (Lipinski definition) is 13. The molecule has 0 aliphatic carbocycles. The number of nitrogens with zero attached hydrogens (tertiary/aromatic N) is 4. The number of nitrogens with two attached hydrogens (primary N) is 1. The number of halogens is 2. The number of hydrogen-bond donors (Lipinski definition) is 4. The molecule has 1 unspecified atom stereocenters. The highest BCUT2D eigenvalue weighted by Crippen LogP contribution is 2.73. The number of nitrogen functional groups attached to an aromatic ring is 1. The predicted octanol–water partition coefficient (Wildman–Crippen LogP) is -0.134. The van der Waals surface area contributed by atoms with Crippen molar-refractivity contribution in [1.29, 1.82) is 0 Å². The topological polar surface area (TPSA) is 211 Å². The molecule has 2 aliphatic rings. The molecule has 2 aromatic rings. The summed E-state index contributed by atoms with van der Waals surface area (Å²) < 4.78 is 70.2. The number of phosphoric acid groups is 2. The van der Waals surface area contributed by atoms with Gasteiger partial charge in [-0.05, 0) is 0 Å². The van der Waals surface area contributed by atoms with Crippen molar-refractivity contribution >= 4 is 32.6 Å². The van der Waals surface area contributed by atoms with Crippen molar-refractivity contribution in [3.05, 3.63) is 12.7 Å². The van der Waals surface area contributed by atoms with Crippen LogP contribution in [0.1, 0.15) is 6.23 Å². The lowest BCUT2D eigenvalue weighted by Gasteiger charge is -2.32. The molecule has 0 amide bonds. The number of alkyl halides is 2. The average molecular weight is 475 g/mol. The van der Waals surface area contributed by atoms with Crippen molar-refractivity contribution in [2.24, 2.45) is 0 Å². The SMILES string of the molecule is Nc1ncnc2c1ncn2[C@@H]1O[C@H](COP(=O)(O)OP2(=O)OC(F)(F)O2)[C@@H](O)[C@H]1O. The van der Waals surface area contributed by atoms with Crippen LogP contribution in [-0.2, 0) is 31.7 Å². The van der Waals surface area contributed by atoms with E-state index in [-0.39, 0.29) is 17.0 Å². The number of fused-ring (bicyclic) bond motifs is 1. The van der Waals surface area contributed by atoms with Gasteiger partial charge >= 0.3 is 21.9 Å². The molecule has 166 valence electrons. The zero-order chi connectivity index (χ0) is 21.9. The van der Waals surface area contributed by atoms with Gasteiger partial charge in [0.2, 0.25) is 0 Å². The number of phosphoric ester groups is 2. The Morgan fingerprint density at radius 2 is 2.00 bits per heavy atom. The van der Waals surface area contributed by atoms with Gasteiger partial charge in [-0.1, -0.05) is 0 Å². The van der Waals surface area contributed by atoms with Gasteiger partial charge in [-0.15, -0.1) is 8.78 Å². The Labute approximate surface area is 164 Å². The Hall–Kier alpha value is -1.65.